The molecule has 0 aliphatic carbocycles. The van der Waals surface area contributed by atoms with E-state index in [1.807, 2.05) is 5.01 Å². The Morgan fingerprint density at radius 2 is 2.14 bits per heavy atom. The van der Waals surface area contributed by atoms with Gasteiger partial charge in [0.15, 0.2) is 0 Å². The zero-order valence-electron chi connectivity index (χ0n) is 11.7. The summed E-state index contributed by atoms with van der Waals surface area (Å²) >= 11 is 0. The van der Waals surface area contributed by atoms with Crippen LogP contribution in [-0.2, 0) is 20.5 Å². The van der Waals surface area contributed by atoms with Crippen molar-refractivity contribution in [3.05, 3.63) is 35.4 Å². The summed E-state index contributed by atoms with van der Waals surface area (Å²) < 4.78 is 57.7. The zero-order chi connectivity index (χ0) is 16.4. The summed E-state index contributed by atoms with van der Waals surface area (Å²) in [5, 5.41) is 1.82. The van der Waals surface area contributed by atoms with Crippen LogP contribution in [0.2, 0.25) is 0 Å². The Bertz CT molecular complexity index is 661. The summed E-state index contributed by atoms with van der Waals surface area (Å²) in [6.07, 6.45) is 2.30. The topological polar surface area (TPSA) is 94.5 Å². The molecule has 7 nitrogen and oxygen atoms in total. The molecule has 0 radical (unpaired) electrons. The van der Waals surface area contributed by atoms with Gasteiger partial charge in [-0.2, -0.15) is 13.4 Å². The quantitative estimate of drug-likeness (QED) is 0.617. The molecule has 1 atom stereocenters. The zero-order valence-corrected chi connectivity index (χ0v) is 12.5. The van der Waals surface area contributed by atoms with Crippen molar-refractivity contribution in [3.8, 4) is 0 Å². The van der Waals surface area contributed by atoms with Crippen LogP contribution in [0.4, 0.5) is 8.78 Å². The molecule has 2 aliphatic rings. The number of nitrogens with zero attached hydrogens (tertiary/aromatic N) is 2. The largest absolute Gasteiger partial charge is 0.363 e. The highest BCUT2D eigenvalue weighted by Crippen LogP contribution is 2.40. The molecule has 1 aromatic rings. The minimum atomic E-state index is -3.67. The Kier molecular flexibility index (Phi) is 4.75. The molecule has 3 rings (SSSR count). The van der Waals surface area contributed by atoms with Gasteiger partial charge in [0, 0.05) is 11.6 Å². The third-order valence-corrected chi connectivity index (χ3v) is 2.95. The summed E-state index contributed by atoms with van der Waals surface area (Å²) in [6.45, 7) is 1.43. The average molecular weight is 335 g/mol. The van der Waals surface area contributed by atoms with E-state index in [9.17, 15) is 17.2 Å². The monoisotopic (exact) mass is 335 g/mol. The van der Waals surface area contributed by atoms with E-state index in [-0.39, 0.29) is 0 Å². The van der Waals surface area contributed by atoms with Crippen molar-refractivity contribution in [2.75, 3.05) is 26.1 Å². The van der Waals surface area contributed by atoms with Gasteiger partial charge in [-0.05, 0) is 6.07 Å². The lowest BCUT2D eigenvalue weighted by molar-refractivity contribution is 0.175. The molecule has 1 saturated heterocycles. The fourth-order valence-corrected chi connectivity index (χ4v) is 1.98. The first kappa shape index (κ1) is 16.7. The third-order valence-electron chi connectivity index (χ3n) is 2.95. The van der Waals surface area contributed by atoms with Crippen molar-refractivity contribution in [2.45, 2.75) is 5.60 Å². The van der Waals surface area contributed by atoms with E-state index in [0.717, 1.165) is 6.07 Å². The number of hydrogen-bond donors (Lipinski definition) is 2. The molecule has 122 valence electrons. The number of hydrogen-bond acceptors (Lipinski definition) is 6. The van der Waals surface area contributed by atoms with Gasteiger partial charge in [-0.3, -0.25) is 9.55 Å². The Morgan fingerprint density at radius 3 is 2.59 bits per heavy atom. The number of benzene rings is 1. The molecule has 22 heavy (non-hydrogen) atoms. The van der Waals surface area contributed by atoms with Crippen molar-refractivity contribution < 1.29 is 26.5 Å². The first-order valence-electron chi connectivity index (χ1n) is 6.21. The van der Waals surface area contributed by atoms with E-state index in [1.165, 1.54) is 12.1 Å². The van der Waals surface area contributed by atoms with Gasteiger partial charge in [-0.15, -0.1) is 0 Å². The van der Waals surface area contributed by atoms with Gasteiger partial charge in [0.1, 0.15) is 23.9 Å². The van der Waals surface area contributed by atoms with Gasteiger partial charge < -0.3 is 10.2 Å². The summed E-state index contributed by atoms with van der Waals surface area (Å²) in [5.41, 5.74) is 2.65. The van der Waals surface area contributed by atoms with Gasteiger partial charge in [-0.25, -0.2) is 8.78 Å². The van der Waals surface area contributed by atoms with Crippen molar-refractivity contribution >= 4 is 16.5 Å². The van der Waals surface area contributed by atoms with Crippen LogP contribution in [0.5, 0.6) is 0 Å². The van der Waals surface area contributed by atoms with Crippen LogP contribution in [0.3, 0.4) is 0 Å². The molecule has 0 saturated carbocycles. The molecule has 2 N–H and O–H groups in total. The molecular weight excluding hydrogens is 320 g/mol. The van der Waals surface area contributed by atoms with E-state index in [1.54, 1.807) is 6.34 Å². The molecule has 1 fully saturated rings. The summed E-state index contributed by atoms with van der Waals surface area (Å²) in [7, 11) is -3.67. The van der Waals surface area contributed by atoms with Gasteiger partial charge in [-0.1, -0.05) is 6.07 Å². The van der Waals surface area contributed by atoms with E-state index < -0.39 is 27.4 Å². The van der Waals surface area contributed by atoms with Crippen molar-refractivity contribution in [1.82, 2.24) is 10.4 Å². The van der Waals surface area contributed by atoms with Crippen LogP contribution in [0.1, 0.15) is 5.56 Å². The Morgan fingerprint density at radius 1 is 1.50 bits per heavy atom. The van der Waals surface area contributed by atoms with Crippen LogP contribution in [0.15, 0.2) is 23.2 Å². The highest BCUT2D eigenvalue weighted by atomic mass is 32.2. The van der Waals surface area contributed by atoms with Gasteiger partial charge in [0.05, 0.1) is 25.7 Å². The van der Waals surface area contributed by atoms with Crippen molar-refractivity contribution in [2.24, 2.45) is 4.99 Å². The summed E-state index contributed by atoms with van der Waals surface area (Å²) in [4.78, 5) is 3.99. The molecule has 1 aromatic carbocycles. The summed E-state index contributed by atoms with van der Waals surface area (Å²) in [5.74, 6) is -1.15. The number of nitrogens with one attached hydrogen (secondary N) is 1. The number of rotatable bonds is 3. The summed E-state index contributed by atoms with van der Waals surface area (Å²) in [6, 6.07) is 3.57. The fraction of sp³-hybridized carbons (Fsp3) is 0.417. The molecule has 0 amide bonds. The van der Waals surface area contributed by atoms with E-state index >= 15 is 0 Å². The van der Waals surface area contributed by atoms with Gasteiger partial charge in [0.25, 0.3) is 10.1 Å². The number of epoxide rings is 1. The minimum Gasteiger partial charge on any atom is -0.363 e. The van der Waals surface area contributed by atoms with Crippen molar-refractivity contribution in [3.63, 3.8) is 0 Å². The molecule has 1 unspecified atom stereocenters. The molecule has 0 aromatic heterocycles. The maximum Gasteiger partial charge on any atom is 0.261 e. The predicted octanol–water partition coefficient (Wildman–Crippen LogP) is 0.500. The Labute approximate surface area is 126 Å². The Hall–Kier alpha value is -1.62. The highest BCUT2D eigenvalue weighted by Gasteiger charge is 2.49. The second-order valence-electron chi connectivity index (χ2n) is 4.92. The van der Waals surface area contributed by atoms with Crippen LogP contribution in [0.25, 0.3) is 0 Å². The molecule has 0 spiro atoms. The predicted molar refractivity (Wildman–Crippen MR) is 74.7 cm³/mol. The lowest BCUT2D eigenvalue weighted by Gasteiger charge is -2.20. The highest BCUT2D eigenvalue weighted by molar-refractivity contribution is 7.85. The first-order chi connectivity index (χ1) is 10.2. The van der Waals surface area contributed by atoms with Crippen LogP contribution < -0.4 is 5.43 Å². The van der Waals surface area contributed by atoms with Crippen LogP contribution in [-0.4, -0.2) is 50.4 Å². The molecule has 2 heterocycles. The van der Waals surface area contributed by atoms with Crippen LogP contribution in [0, 0.1) is 11.6 Å². The second-order valence-corrected chi connectivity index (χ2v) is 6.39. The SMILES string of the molecule is CS(=O)(=O)O.Fc1ccc(C2(CN3CN=CN3)CO2)c(F)c1. The van der Waals surface area contributed by atoms with E-state index in [0.29, 0.717) is 31.6 Å². The lowest BCUT2D eigenvalue weighted by atomic mass is 9.99. The first-order valence-corrected chi connectivity index (χ1v) is 8.06. The van der Waals surface area contributed by atoms with Crippen molar-refractivity contribution in [1.29, 1.82) is 0 Å². The second kappa shape index (κ2) is 6.24. The molecule has 0 bridgehead atoms. The number of halogens is 2. The standard InChI is InChI=1S/C11H11F2N3O.CH4O3S/c12-8-1-2-9(10(13)3-8)11(5-17-11)4-16-7-14-6-15-16;1-5(2,3)4/h1-3,6H,4-5,7H2,(H,14,15);1H3,(H,2,3,4). The normalized spacial score (nSPS) is 23.6. The maximum atomic E-state index is 13.7. The lowest BCUT2D eigenvalue weighted by Crippen LogP contribution is -2.39. The fourth-order valence-electron chi connectivity index (χ4n) is 1.98. The van der Waals surface area contributed by atoms with E-state index in [4.69, 9.17) is 9.29 Å². The number of aliphatic imine (C=N–C) groups is 1. The number of ether oxygens (including phenoxy) is 1. The number of hydrazine groups is 1. The average Bonchev–Trinajstić information content (AvgIpc) is 2.94. The maximum absolute atomic E-state index is 13.7. The van der Waals surface area contributed by atoms with Crippen LogP contribution >= 0.6 is 0 Å². The third kappa shape index (κ3) is 4.70. The molecular formula is C12H15F2N3O4S. The smallest absolute Gasteiger partial charge is 0.261 e. The van der Waals surface area contributed by atoms with Gasteiger partial charge in [0.2, 0.25) is 0 Å². The minimum absolute atomic E-state index is 0.396. The van der Waals surface area contributed by atoms with Gasteiger partial charge >= 0.3 is 0 Å². The Balaban J connectivity index is 0.000000309. The molecule has 2 aliphatic heterocycles. The van der Waals surface area contributed by atoms with E-state index in [2.05, 4.69) is 10.4 Å². The molecule has 10 heteroatoms.